The maximum atomic E-state index is 12.1. The Labute approximate surface area is 137 Å². The Balaban J connectivity index is 2.79. The highest BCUT2D eigenvalue weighted by Crippen LogP contribution is 2.13. The summed E-state index contributed by atoms with van der Waals surface area (Å²) in [5, 5.41) is 21.5. The van der Waals surface area contributed by atoms with Crippen molar-refractivity contribution in [3.8, 4) is 0 Å². The summed E-state index contributed by atoms with van der Waals surface area (Å²) in [4.78, 5) is 41.3. The standard InChI is InChI=1S/C13H19N4O7/c1-3-23-9(18)6-5-8(13(20)24-4-2)16-12(19)10-11(17(21)22)15-7-14-10/h7-8,21H,3-6H2,1-2H3,(H,14,15)(H,16,19)/q-1. The molecule has 0 aliphatic carbocycles. The number of carbonyl (C=O) groups excluding carboxylic acids is 3. The second kappa shape index (κ2) is 9.47. The van der Waals surface area contributed by atoms with E-state index in [0.717, 1.165) is 6.33 Å². The van der Waals surface area contributed by atoms with Gasteiger partial charge in [0.2, 0.25) is 0 Å². The lowest BCUT2D eigenvalue weighted by Gasteiger charge is -2.21. The maximum Gasteiger partial charge on any atom is 0.328 e. The van der Waals surface area contributed by atoms with E-state index in [1.165, 1.54) is 0 Å². The van der Waals surface area contributed by atoms with Crippen LogP contribution in [-0.2, 0) is 19.1 Å². The van der Waals surface area contributed by atoms with Gasteiger partial charge in [0.05, 0.1) is 19.5 Å². The monoisotopic (exact) mass is 343 g/mol. The number of anilines is 1. The first-order chi connectivity index (χ1) is 11.4. The van der Waals surface area contributed by atoms with Gasteiger partial charge in [0.25, 0.3) is 5.91 Å². The van der Waals surface area contributed by atoms with E-state index < -0.39 is 34.9 Å². The minimum absolute atomic E-state index is 0.0485. The molecular weight excluding hydrogens is 324 g/mol. The van der Waals surface area contributed by atoms with Crippen molar-refractivity contribution in [1.29, 1.82) is 0 Å². The first-order valence-corrected chi connectivity index (χ1v) is 7.23. The predicted molar refractivity (Wildman–Crippen MR) is 80.0 cm³/mol. The third-order valence-corrected chi connectivity index (χ3v) is 2.85. The van der Waals surface area contributed by atoms with Crippen LogP contribution in [0, 0.1) is 5.21 Å². The molecule has 1 aromatic rings. The van der Waals surface area contributed by atoms with Gasteiger partial charge in [-0.05, 0) is 20.3 Å². The number of hydrogen-bond donors (Lipinski definition) is 3. The summed E-state index contributed by atoms with van der Waals surface area (Å²) in [6.07, 6.45) is 0.873. The molecule has 1 heterocycles. The zero-order chi connectivity index (χ0) is 18.1. The van der Waals surface area contributed by atoms with E-state index in [1.807, 2.05) is 0 Å². The molecule has 1 unspecified atom stereocenters. The molecule has 3 N–H and O–H groups in total. The number of ether oxygens (including phenoxy) is 2. The minimum atomic E-state index is -1.13. The van der Waals surface area contributed by atoms with Crippen LogP contribution in [0.2, 0.25) is 0 Å². The summed E-state index contributed by atoms with van der Waals surface area (Å²) < 4.78 is 9.60. The van der Waals surface area contributed by atoms with Crippen LogP contribution in [0.15, 0.2) is 6.33 Å². The van der Waals surface area contributed by atoms with Crippen molar-refractivity contribution in [2.45, 2.75) is 32.7 Å². The average Bonchev–Trinajstić information content (AvgIpc) is 3.01. The molecule has 0 aromatic carbocycles. The molecular formula is C13H19N4O7-. The predicted octanol–water partition coefficient (Wildman–Crippen LogP) is 0.108. The molecule has 1 aromatic heterocycles. The number of imidazole rings is 1. The maximum absolute atomic E-state index is 12.1. The Morgan fingerprint density at radius 3 is 2.62 bits per heavy atom. The van der Waals surface area contributed by atoms with Gasteiger partial charge in [-0.1, -0.05) is 0 Å². The SMILES string of the molecule is CCOC(=O)CCC(NC(=O)c1[nH]cnc1N([O-])O)C(=O)OCC. The molecule has 11 nitrogen and oxygen atoms in total. The molecule has 1 rings (SSSR count). The van der Waals surface area contributed by atoms with E-state index in [4.69, 9.17) is 14.7 Å². The van der Waals surface area contributed by atoms with Gasteiger partial charge in [-0.3, -0.25) is 14.8 Å². The van der Waals surface area contributed by atoms with Gasteiger partial charge in [-0.2, -0.15) is 0 Å². The lowest BCUT2D eigenvalue weighted by Crippen LogP contribution is -2.42. The number of hydrogen-bond acceptors (Lipinski definition) is 9. The fourth-order valence-corrected chi connectivity index (χ4v) is 1.82. The molecule has 0 saturated carbocycles. The van der Waals surface area contributed by atoms with Crippen LogP contribution >= 0.6 is 0 Å². The normalized spacial score (nSPS) is 11.5. The van der Waals surface area contributed by atoms with Crippen LogP contribution in [-0.4, -0.2) is 52.3 Å². The molecule has 0 aliphatic rings. The van der Waals surface area contributed by atoms with Gasteiger partial charge in [-0.25, -0.2) is 9.78 Å². The Hall–Kier alpha value is -2.66. The quantitative estimate of drug-likeness (QED) is 0.418. The number of aromatic amines is 1. The lowest BCUT2D eigenvalue weighted by molar-refractivity contribution is -0.146. The van der Waals surface area contributed by atoms with Crippen molar-refractivity contribution in [3.05, 3.63) is 17.2 Å². The summed E-state index contributed by atoms with van der Waals surface area (Å²) in [6.45, 7) is 3.52. The molecule has 0 bridgehead atoms. The van der Waals surface area contributed by atoms with E-state index in [1.54, 1.807) is 13.8 Å². The fourth-order valence-electron chi connectivity index (χ4n) is 1.82. The van der Waals surface area contributed by atoms with Gasteiger partial charge in [0.15, 0.2) is 5.82 Å². The zero-order valence-electron chi connectivity index (χ0n) is 13.3. The van der Waals surface area contributed by atoms with Crippen molar-refractivity contribution in [2.24, 2.45) is 0 Å². The van der Waals surface area contributed by atoms with Gasteiger partial charge in [0, 0.05) is 6.42 Å². The van der Waals surface area contributed by atoms with Crippen molar-refractivity contribution in [3.63, 3.8) is 0 Å². The Morgan fingerprint density at radius 1 is 1.38 bits per heavy atom. The lowest BCUT2D eigenvalue weighted by atomic mass is 10.1. The molecule has 0 saturated heterocycles. The summed E-state index contributed by atoms with van der Waals surface area (Å²) >= 11 is 0. The molecule has 0 spiro atoms. The third kappa shape index (κ3) is 5.52. The number of carbonyl (C=O) groups is 3. The van der Waals surface area contributed by atoms with Crippen molar-refractivity contribution in [2.75, 3.05) is 18.4 Å². The highest BCUT2D eigenvalue weighted by molar-refractivity contribution is 5.99. The molecule has 0 fully saturated rings. The van der Waals surface area contributed by atoms with Crippen LogP contribution < -0.4 is 10.5 Å². The number of rotatable bonds is 9. The van der Waals surface area contributed by atoms with E-state index in [9.17, 15) is 19.6 Å². The molecule has 0 radical (unpaired) electrons. The summed E-state index contributed by atoms with van der Waals surface area (Å²) in [5.74, 6) is -2.68. The molecule has 134 valence electrons. The average molecular weight is 343 g/mol. The number of nitrogens with one attached hydrogen (secondary N) is 2. The second-order valence-electron chi connectivity index (χ2n) is 4.50. The van der Waals surface area contributed by atoms with Gasteiger partial charge in [0.1, 0.15) is 11.7 Å². The van der Waals surface area contributed by atoms with Crippen LogP contribution in [0.3, 0.4) is 0 Å². The number of H-pyrrole nitrogens is 1. The Morgan fingerprint density at radius 2 is 2.04 bits per heavy atom. The van der Waals surface area contributed by atoms with Gasteiger partial charge < -0.3 is 30.2 Å². The van der Waals surface area contributed by atoms with E-state index in [2.05, 4.69) is 15.3 Å². The van der Waals surface area contributed by atoms with Gasteiger partial charge >= 0.3 is 11.9 Å². The topological polar surface area (TPSA) is 157 Å². The minimum Gasteiger partial charge on any atom is -0.732 e. The van der Waals surface area contributed by atoms with E-state index in [-0.39, 0.29) is 31.7 Å². The zero-order valence-corrected chi connectivity index (χ0v) is 13.3. The van der Waals surface area contributed by atoms with Crippen LogP contribution in [0.4, 0.5) is 5.82 Å². The first kappa shape index (κ1) is 19.4. The van der Waals surface area contributed by atoms with Crippen molar-refractivity contribution >= 4 is 23.7 Å². The Bertz CT molecular complexity index is 572. The number of nitrogens with zero attached hydrogens (tertiary/aromatic N) is 2. The molecule has 1 amide bonds. The summed E-state index contributed by atoms with van der Waals surface area (Å²) in [6, 6.07) is -1.13. The van der Waals surface area contributed by atoms with Crippen molar-refractivity contribution in [1.82, 2.24) is 15.3 Å². The fraction of sp³-hybridized carbons (Fsp3) is 0.538. The molecule has 0 aliphatic heterocycles. The van der Waals surface area contributed by atoms with Crippen LogP contribution in [0.5, 0.6) is 0 Å². The highest BCUT2D eigenvalue weighted by Gasteiger charge is 2.26. The number of esters is 2. The number of amides is 1. The molecule has 1 atom stereocenters. The van der Waals surface area contributed by atoms with E-state index in [0.29, 0.717) is 0 Å². The number of aromatic nitrogens is 2. The largest absolute Gasteiger partial charge is 0.732 e. The van der Waals surface area contributed by atoms with Crippen LogP contribution in [0.1, 0.15) is 37.2 Å². The van der Waals surface area contributed by atoms with E-state index >= 15 is 0 Å². The second-order valence-corrected chi connectivity index (χ2v) is 4.50. The Kier molecular flexibility index (Phi) is 7.65. The summed E-state index contributed by atoms with van der Waals surface area (Å²) in [5.41, 5.74) is -0.335. The van der Waals surface area contributed by atoms with Crippen molar-refractivity contribution < 1.29 is 29.1 Å². The first-order valence-electron chi connectivity index (χ1n) is 7.23. The van der Waals surface area contributed by atoms with Gasteiger partial charge in [-0.15, -0.1) is 0 Å². The molecule has 11 heteroatoms. The van der Waals surface area contributed by atoms with Crippen LogP contribution in [0.25, 0.3) is 0 Å². The summed E-state index contributed by atoms with van der Waals surface area (Å²) in [7, 11) is 0. The highest BCUT2D eigenvalue weighted by atomic mass is 16.8. The smallest absolute Gasteiger partial charge is 0.328 e. The third-order valence-electron chi connectivity index (χ3n) is 2.85. The molecule has 24 heavy (non-hydrogen) atoms.